The number of para-hydroxylation sites is 1. The van der Waals surface area contributed by atoms with Crippen LogP contribution in [0.25, 0.3) is 10.9 Å². The number of benzene rings is 4. The molecular weight excluding hydrogens is 756 g/mol. The number of ether oxygens (including phenoxy) is 1. The first kappa shape index (κ1) is 36.3. The van der Waals surface area contributed by atoms with Gasteiger partial charge in [-0.3, -0.25) is 39.7 Å². The van der Waals surface area contributed by atoms with Gasteiger partial charge in [-0.25, -0.2) is 0 Å². The van der Waals surface area contributed by atoms with E-state index in [1.165, 1.54) is 48.9 Å². The number of nitrogens with zero attached hydrogens (tertiary/aromatic N) is 5. The monoisotopic (exact) mass is 777 g/mol. The Labute approximate surface area is 315 Å². The van der Waals surface area contributed by atoms with E-state index in [0.717, 1.165) is 16.5 Å². The number of amides is 1. The van der Waals surface area contributed by atoms with E-state index in [0.29, 0.717) is 16.7 Å². The van der Waals surface area contributed by atoms with Crippen molar-refractivity contribution in [2.45, 2.75) is 19.7 Å². The number of halogens is 4. The predicted molar refractivity (Wildman–Crippen MR) is 198 cm³/mol. The first-order valence-electron chi connectivity index (χ1n) is 15.2. The van der Waals surface area contributed by atoms with Gasteiger partial charge in [-0.05, 0) is 35.9 Å². The minimum absolute atomic E-state index is 0.0357. The maximum atomic E-state index is 14.4. The molecule has 4 aromatic carbocycles. The largest absolute Gasteiger partial charge is 0.487 e. The van der Waals surface area contributed by atoms with Crippen molar-refractivity contribution in [2.24, 2.45) is 0 Å². The summed E-state index contributed by atoms with van der Waals surface area (Å²) in [6, 6.07) is 22.4. The van der Waals surface area contributed by atoms with E-state index in [1.807, 2.05) is 30.3 Å². The van der Waals surface area contributed by atoms with Gasteiger partial charge in [0.25, 0.3) is 23.1 Å². The van der Waals surface area contributed by atoms with Crippen LogP contribution in [0.4, 0.5) is 17.1 Å². The van der Waals surface area contributed by atoms with Gasteiger partial charge in [0.05, 0.1) is 49.7 Å². The van der Waals surface area contributed by atoms with Gasteiger partial charge < -0.3 is 9.30 Å². The van der Waals surface area contributed by atoms with Crippen molar-refractivity contribution in [3.8, 4) is 5.75 Å². The SMILES string of the molecule is O=C(C(=O)N(Cc1ccc(Cl)cc1[N+](=O)[O-])c1c(Cl)cncc1Cl)c1cn(Cc2ccc(Cl)cc2[N+](=O)[O-])c2c(OCc3ccccc3)cccc12. The Hall–Kier alpha value is -5.53. The Balaban J connectivity index is 1.49. The van der Waals surface area contributed by atoms with E-state index >= 15 is 0 Å². The van der Waals surface area contributed by atoms with Gasteiger partial charge >= 0.3 is 0 Å². The second-order valence-corrected chi connectivity index (χ2v) is 13.0. The summed E-state index contributed by atoms with van der Waals surface area (Å²) in [6.07, 6.45) is 3.83. The molecule has 0 spiro atoms. The third-order valence-corrected chi connectivity index (χ3v) is 9.06. The number of rotatable bonds is 12. The van der Waals surface area contributed by atoms with Crippen molar-refractivity contribution in [3.63, 3.8) is 0 Å². The summed E-state index contributed by atoms with van der Waals surface area (Å²) in [4.78, 5) is 56.4. The van der Waals surface area contributed by atoms with E-state index in [2.05, 4.69) is 4.98 Å². The molecule has 0 N–H and O–H groups in total. The summed E-state index contributed by atoms with van der Waals surface area (Å²) in [5, 5.41) is 24.3. The summed E-state index contributed by atoms with van der Waals surface area (Å²) >= 11 is 25.0. The topological polar surface area (TPSA) is 151 Å². The van der Waals surface area contributed by atoms with Gasteiger partial charge in [0, 0.05) is 57.3 Å². The molecule has 0 fully saturated rings. The van der Waals surface area contributed by atoms with Gasteiger partial charge in [-0.2, -0.15) is 0 Å². The van der Waals surface area contributed by atoms with Gasteiger partial charge in [0.15, 0.2) is 0 Å². The van der Waals surface area contributed by atoms with Crippen LogP contribution in [0, 0.1) is 20.2 Å². The van der Waals surface area contributed by atoms with Crippen LogP contribution in [0.1, 0.15) is 27.0 Å². The van der Waals surface area contributed by atoms with Crippen molar-refractivity contribution in [1.29, 1.82) is 0 Å². The number of nitro benzene ring substituents is 2. The number of Topliss-reactive ketones (excluding diaryl/α,β-unsaturated/α-hetero) is 1. The van der Waals surface area contributed by atoms with E-state index in [-0.39, 0.29) is 61.3 Å². The third-order valence-electron chi connectivity index (χ3n) is 8.04. The molecule has 12 nitrogen and oxygen atoms in total. The average Bonchev–Trinajstić information content (AvgIpc) is 3.49. The number of hydrogen-bond donors (Lipinski definition) is 0. The van der Waals surface area contributed by atoms with Crippen LogP contribution in [-0.2, 0) is 24.5 Å². The summed E-state index contributed by atoms with van der Waals surface area (Å²) in [5.74, 6) is -1.83. The minimum atomic E-state index is -1.13. The molecular formula is C36H23Cl4N5O7. The lowest BCUT2D eigenvalue weighted by atomic mass is 10.1. The lowest BCUT2D eigenvalue weighted by Crippen LogP contribution is -2.37. The summed E-state index contributed by atoms with van der Waals surface area (Å²) in [7, 11) is 0. The van der Waals surface area contributed by atoms with Crippen LogP contribution >= 0.6 is 46.4 Å². The first-order valence-corrected chi connectivity index (χ1v) is 16.7. The fourth-order valence-electron chi connectivity index (χ4n) is 5.67. The van der Waals surface area contributed by atoms with Crippen LogP contribution in [0.3, 0.4) is 0 Å². The van der Waals surface area contributed by atoms with Crippen LogP contribution < -0.4 is 9.64 Å². The number of carbonyl (C=O) groups is 2. The Morgan fingerprint density at radius 2 is 1.40 bits per heavy atom. The highest BCUT2D eigenvalue weighted by Crippen LogP contribution is 2.38. The molecule has 0 unspecified atom stereocenters. The zero-order valence-corrected chi connectivity index (χ0v) is 29.6. The molecule has 16 heteroatoms. The van der Waals surface area contributed by atoms with Gasteiger partial charge in [-0.1, -0.05) is 88.9 Å². The summed E-state index contributed by atoms with van der Waals surface area (Å²) in [5.41, 5.74) is 0.690. The number of aromatic nitrogens is 2. The van der Waals surface area contributed by atoms with E-state index in [1.54, 1.807) is 22.8 Å². The minimum Gasteiger partial charge on any atom is -0.487 e. The molecule has 262 valence electrons. The standard InChI is InChI=1S/C36H23Cl4N5O7/c37-24-11-9-22(30(13-24)44(48)49)17-42-19-27(26-7-4-8-32(33(26)42)52-20-21-5-2-1-3-6-21)35(46)36(47)43(34-28(39)15-41-16-29(34)40)18-23-10-12-25(38)14-31(23)45(50)51/h1-16,19H,17-18,20H2. The van der Waals surface area contributed by atoms with Crippen molar-refractivity contribution in [3.05, 3.63) is 166 Å². The Morgan fingerprint density at radius 1 is 0.788 bits per heavy atom. The molecule has 0 aliphatic heterocycles. The smallest absolute Gasteiger partial charge is 0.299 e. The molecule has 0 radical (unpaired) electrons. The van der Waals surface area contributed by atoms with E-state index in [9.17, 15) is 29.8 Å². The average molecular weight is 779 g/mol. The van der Waals surface area contributed by atoms with Crippen molar-refractivity contribution >= 4 is 86.1 Å². The molecule has 0 atom stereocenters. The quantitative estimate of drug-likeness (QED) is 0.0516. The highest BCUT2D eigenvalue weighted by Gasteiger charge is 2.33. The highest BCUT2D eigenvalue weighted by molar-refractivity contribution is 6.50. The summed E-state index contributed by atoms with van der Waals surface area (Å²) < 4.78 is 7.78. The van der Waals surface area contributed by atoms with Gasteiger partial charge in [0.2, 0.25) is 0 Å². The second kappa shape index (κ2) is 15.4. The van der Waals surface area contributed by atoms with E-state index < -0.39 is 33.8 Å². The molecule has 6 aromatic rings. The fourth-order valence-corrected chi connectivity index (χ4v) is 6.57. The molecule has 0 aliphatic rings. The molecule has 52 heavy (non-hydrogen) atoms. The molecule has 0 saturated heterocycles. The second-order valence-electron chi connectivity index (χ2n) is 11.3. The Morgan fingerprint density at radius 3 is 2.04 bits per heavy atom. The number of anilines is 1. The predicted octanol–water partition coefficient (Wildman–Crippen LogP) is 9.51. The first-order chi connectivity index (χ1) is 24.9. The molecule has 6 rings (SSSR count). The third kappa shape index (κ3) is 7.55. The number of pyridine rings is 1. The van der Waals surface area contributed by atoms with Gasteiger partial charge in [-0.15, -0.1) is 0 Å². The van der Waals surface area contributed by atoms with E-state index in [4.69, 9.17) is 51.1 Å². The van der Waals surface area contributed by atoms with Crippen molar-refractivity contribution in [2.75, 3.05) is 4.90 Å². The van der Waals surface area contributed by atoms with Gasteiger partial charge in [0.1, 0.15) is 12.4 Å². The van der Waals surface area contributed by atoms with Crippen LogP contribution in [0.2, 0.25) is 20.1 Å². The zero-order chi connectivity index (χ0) is 37.1. The molecule has 0 saturated carbocycles. The Kier molecular flexibility index (Phi) is 10.7. The molecule has 0 bridgehead atoms. The number of ketones is 1. The maximum absolute atomic E-state index is 14.4. The maximum Gasteiger partial charge on any atom is 0.299 e. The normalized spacial score (nSPS) is 11.0. The van der Waals surface area contributed by atoms with Crippen LogP contribution in [0.5, 0.6) is 5.75 Å². The molecule has 2 aromatic heterocycles. The number of nitro groups is 2. The van der Waals surface area contributed by atoms with Crippen molar-refractivity contribution in [1.82, 2.24) is 9.55 Å². The lowest BCUT2D eigenvalue weighted by Gasteiger charge is -2.24. The molecule has 1 amide bonds. The zero-order valence-electron chi connectivity index (χ0n) is 26.5. The molecule has 2 heterocycles. The summed E-state index contributed by atoms with van der Waals surface area (Å²) in [6.45, 7) is -0.455. The highest BCUT2D eigenvalue weighted by atomic mass is 35.5. The fraction of sp³-hybridized carbons (Fsp3) is 0.0833. The number of fused-ring (bicyclic) bond motifs is 1. The van der Waals surface area contributed by atoms with Crippen LogP contribution in [0.15, 0.2) is 104 Å². The lowest BCUT2D eigenvalue weighted by molar-refractivity contribution is -0.385. The Bertz CT molecular complexity index is 2370. The van der Waals surface area contributed by atoms with Crippen LogP contribution in [-0.4, -0.2) is 31.1 Å². The van der Waals surface area contributed by atoms with Crippen molar-refractivity contribution < 1.29 is 24.2 Å². The number of carbonyl (C=O) groups excluding carboxylic acids is 2. The number of hydrogen-bond acceptors (Lipinski definition) is 8. The molecule has 0 aliphatic carbocycles.